The number of ether oxygens (including phenoxy) is 1. The van der Waals surface area contributed by atoms with E-state index in [9.17, 15) is 9.82 Å². The van der Waals surface area contributed by atoms with E-state index in [1.807, 2.05) is 30.3 Å². The molecule has 121 valence electrons. The molecular formula is C18H18BN2O3. The zero-order chi connectivity index (χ0) is 17.3. The van der Waals surface area contributed by atoms with Crippen molar-refractivity contribution < 1.29 is 14.6 Å². The number of hydrogen-bond acceptors (Lipinski definition) is 4. The molecule has 2 aromatic heterocycles. The van der Waals surface area contributed by atoms with Crippen LogP contribution >= 0.6 is 0 Å². The van der Waals surface area contributed by atoms with Crippen molar-refractivity contribution in [3.8, 4) is 11.1 Å². The van der Waals surface area contributed by atoms with Crippen LogP contribution in [0.3, 0.4) is 0 Å². The molecule has 1 aromatic carbocycles. The van der Waals surface area contributed by atoms with E-state index < -0.39 is 11.7 Å². The highest BCUT2D eigenvalue weighted by molar-refractivity contribution is 6.46. The second-order valence-electron chi connectivity index (χ2n) is 6.49. The summed E-state index contributed by atoms with van der Waals surface area (Å²) < 4.78 is 6.84. The first kappa shape index (κ1) is 16.3. The fraction of sp³-hybridized carbons (Fsp3) is 0.222. The van der Waals surface area contributed by atoms with Gasteiger partial charge >= 0.3 is 13.6 Å². The molecular weight excluding hydrogens is 303 g/mol. The first-order valence-electron chi connectivity index (χ1n) is 7.66. The summed E-state index contributed by atoms with van der Waals surface area (Å²) in [5.41, 5.74) is 2.38. The van der Waals surface area contributed by atoms with Crippen molar-refractivity contribution in [3.05, 3.63) is 48.8 Å². The van der Waals surface area contributed by atoms with Gasteiger partial charge in [0, 0.05) is 23.4 Å². The Morgan fingerprint density at radius 2 is 1.92 bits per heavy atom. The predicted molar refractivity (Wildman–Crippen MR) is 94.4 cm³/mol. The molecule has 1 N–H and O–H groups in total. The maximum Gasteiger partial charge on any atom is 0.418 e. The van der Waals surface area contributed by atoms with Crippen molar-refractivity contribution in [2.24, 2.45) is 0 Å². The SMILES string of the molecule is CC(C)(C)OC(=O)n1c([B]O)cc2c(-c3ccncc3)cccc21. The molecule has 3 aromatic rings. The predicted octanol–water partition coefficient (Wildman–Crippen LogP) is 2.72. The second-order valence-corrected chi connectivity index (χ2v) is 6.49. The third-order valence-electron chi connectivity index (χ3n) is 3.57. The van der Waals surface area contributed by atoms with Crippen LogP contribution in [0.1, 0.15) is 20.8 Å². The highest BCUT2D eigenvalue weighted by atomic mass is 16.6. The van der Waals surface area contributed by atoms with E-state index in [0.717, 1.165) is 24.0 Å². The van der Waals surface area contributed by atoms with Crippen LogP contribution in [0.25, 0.3) is 22.0 Å². The molecule has 3 rings (SSSR count). The Hall–Kier alpha value is -2.60. The van der Waals surface area contributed by atoms with Gasteiger partial charge in [0.25, 0.3) is 0 Å². The molecule has 0 spiro atoms. The molecule has 0 aliphatic rings. The Kier molecular flexibility index (Phi) is 4.16. The molecule has 2 heterocycles. The van der Waals surface area contributed by atoms with Gasteiger partial charge < -0.3 is 9.76 Å². The minimum absolute atomic E-state index is 0.376. The lowest BCUT2D eigenvalue weighted by molar-refractivity contribution is 0.0549. The van der Waals surface area contributed by atoms with Gasteiger partial charge in [0.15, 0.2) is 0 Å². The topological polar surface area (TPSA) is 64.3 Å². The van der Waals surface area contributed by atoms with Crippen LogP contribution in [-0.4, -0.2) is 33.8 Å². The molecule has 1 radical (unpaired) electrons. The minimum Gasteiger partial charge on any atom is -0.449 e. The number of pyridine rings is 1. The zero-order valence-corrected chi connectivity index (χ0v) is 13.9. The van der Waals surface area contributed by atoms with Crippen molar-refractivity contribution in [2.75, 3.05) is 0 Å². The molecule has 0 aliphatic heterocycles. The van der Waals surface area contributed by atoms with E-state index in [4.69, 9.17) is 4.74 Å². The third kappa shape index (κ3) is 3.05. The number of carbonyl (C=O) groups is 1. The van der Waals surface area contributed by atoms with E-state index in [1.165, 1.54) is 4.57 Å². The molecule has 0 saturated carbocycles. The molecule has 0 aliphatic carbocycles. The van der Waals surface area contributed by atoms with Gasteiger partial charge in [0.1, 0.15) is 5.60 Å². The highest BCUT2D eigenvalue weighted by Gasteiger charge is 2.23. The molecule has 0 fully saturated rings. The molecule has 0 amide bonds. The molecule has 24 heavy (non-hydrogen) atoms. The van der Waals surface area contributed by atoms with Crippen LogP contribution in [0.5, 0.6) is 0 Å². The number of benzene rings is 1. The lowest BCUT2D eigenvalue weighted by Crippen LogP contribution is -2.34. The van der Waals surface area contributed by atoms with Gasteiger partial charge in [-0.3, -0.25) is 9.55 Å². The fourth-order valence-corrected chi connectivity index (χ4v) is 2.64. The lowest BCUT2D eigenvalue weighted by atomic mass is 9.95. The highest BCUT2D eigenvalue weighted by Crippen LogP contribution is 2.28. The molecule has 0 atom stereocenters. The first-order chi connectivity index (χ1) is 11.4. The smallest absolute Gasteiger partial charge is 0.418 e. The van der Waals surface area contributed by atoms with Crippen LogP contribution < -0.4 is 5.59 Å². The number of fused-ring (bicyclic) bond motifs is 1. The van der Waals surface area contributed by atoms with E-state index in [1.54, 1.807) is 39.2 Å². The van der Waals surface area contributed by atoms with Crippen molar-refractivity contribution in [2.45, 2.75) is 26.4 Å². The summed E-state index contributed by atoms with van der Waals surface area (Å²) in [6, 6.07) is 11.3. The Bertz CT molecular complexity index is 882. The number of carbonyl (C=O) groups excluding carboxylic acids is 1. The summed E-state index contributed by atoms with van der Waals surface area (Å²) in [6.45, 7) is 5.42. The lowest BCUT2D eigenvalue weighted by Gasteiger charge is -2.20. The normalized spacial score (nSPS) is 11.5. The molecule has 6 heteroatoms. The van der Waals surface area contributed by atoms with E-state index >= 15 is 0 Å². The maximum absolute atomic E-state index is 12.6. The number of rotatable bonds is 2. The van der Waals surface area contributed by atoms with Crippen molar-refractivity contribution in [1.29, 1.82) is 0 Å². The Morgan fingerprint density at radius 1 is 1.21 bits per heavy atom. The maximum atomic E-state index is 12.6. The van der Waals surface area contributed by atoms with Crippen LogP contribution in [0, 0.1) is 0 Å². The summed E-state index contributed by atoms with van der Waals surface area (Å²) in [7, 11) is 0.917. The van der Waals surface area contributed by atoms with Crippen molar-refractivity contribution in [3.63, 3.8) is 0 Å². The van der Waals surface area contributed by atoms with Crippen molar-refractivity contribution >= 4 is 30.1 Å². The number of nitrogens with zero attached hydrogens (tertiary/aromatic N) is 2. The number of hydrogen-bond donors (Lipinski definition) is 1. The van der Waals surface area contributed by atoms with Gasteiger partial charge in [0.2, 0.25) is 0 Å². The third-order valence-corrected chi connectivity index (χ3v) is 3.57. The molecule has 0 unspecified atom stereocenters. The van der Waals surface area contributed by atoms with Gasteiger partial charge in [-0.25, -0.2) is 4.79 Å². The fourth-order valence-electron chi connectivity index (χ4n) is 2.64. The van der Waals surface area contributed by atoms with E-state index in [2.05, 4.69) is 4.98 Å². The average Bonchev–Trinajstić information content (AvgIpc) is 2.92. The average molecular weight is 321 g/mol. The minimum atomic E-state index is -0.622. The van der Waals surface area contributed by atoms with Crippen LogP contribution in [0.15, 0.2) is 48.8 Å². The van der Waals surface area contributed by atoms with Crippen LogP contribution in [-0.2, 0) is 4.74 Å². The van der Waals surface area contributed by atoms with Gasteiger partial charge in [-0.1, -0.05) is 12.1 Å². The molecule has 0 saturated heterocycles. The molecule has 0 bridgehead atoms. The van der Waals surface area contributed by atoms with Crippen molar-refractivity contribution in [1.82, 2.24) is 9.55 Å². The molecule has 5 nitrogen and oxygen atoms in total. The quantitative estimate of drug-likeness (QED) is 0.737. The van der Waals surface area contributed by atoms with Crippen LogP contribution in [0.2, 0.25) is 0 Å². The summed E-state index contributed by atoms with van der Waals surface area (Å²) >= 11 is 0. The van der Waals surface area contributed by atoms with Gasteiger partial charge in [0.05, 0.1) is 5.52 Å². The summed E-state index contributed by atoms with van der Waals surface area (Å²) in [4.78, 5) is 16.6. The standard InChI is InChI=1S/C18H18BN2O3/c1-18(2,3)24-17(22)21-15-6-4-5-13(12-7-9-20-10-8-12)14(15)11-16(21)19-23/h4-11,23H,1-3H3. The van der Waals surface area contributed by atoms with Crippen LogP contribution in [0.4, 0.5) is 4.79 Å². The van der Waals surface area contributed by atoms with E-state index in [0.29, 0.717) is 11.1 Å². The van der Waals surface area contributed by atoms with E-state index in [-0.39, 0.29) is 0 Å². The monoisotopic (exact) mass is 321 g/mol. The summed E-state index contributed by atoms with van der Waals surface area (Å²) in [5.74, 6) is 0. The Labute approximate surface area is 141 Å². The Balaban J connectivity index is 2.19. The zero-order valence-electron chi connectivity index (χ0n) is 13.9. The second kappa shape index (κ2) is 6.13. The van der Waals surface area contributed by atoms with Gasteiger partial charge in [-0.15, -0.1) is 0 Å². The largest absolute Gasteiger partial charge is 0.449 e. The summed E-state index contributed by atoms with van der Waals surface area (Å²) in [5, 5.41) is 10.4. The Morgan fingerprint density at radius 3 is 2.54 bits per heavy atom. The van der Waals surface area contributed by atoms with Gasteiger partial charge in [-0.2, -0.15) is 0 Å². The number of aromatic nitrogens is 2. The summed E-state index contributed by atoms with van der Waals surface area (Å²) in [6.07, 6.45) is 2.92. The first-order valence-corrected chi connectivity index (χ1v) is 7.66. The van der Waals surface area contributed by atoms with Gasteiger partial charge in [-0.05, 0) is 56.2 Å².